The summed E-state index contributed by atoms with van der Waals surface area (Å²) in [6, 6.07) is 12.8. The topological polar surface area (TPSA) is 9.72 Å². The molecule has 3 heteroatoms. The van der Waals surface area contributed by atoms with Crippen LogP contribution in [0.3, 0.4) is 0 Å². The number of piperidine rings is 1. The summed E-state index contributed by atoms with van der Waals surface area (Å²) in [5, 5.41) is 0. The molecule has 2 saturated carbocycles. The molecule has 1 aromatic rings. The van der Waals surface area contributed by atoms with Gasteiger partial charge in [-0.15, -0.1) is 0 Å². The molecule has 26 heavy (non-hydrogen) atoms. The molecule has 1 aromatic carbocycles. The Balaban J connectivity index is 1.07. The van der Waals surface area contributed by atoms with E-state index in [9.17, 15) is 0 Å². The van der Waals surface area contributed by atoms with Gasteiger partial charge < -0.3 is 0 Å². The first kappa shape index (κ1) is 17.2. The number of hydrogen-bond donors (Lipinski definition) is 0. The summed E-state index contributed by atoms with van der Waals surface area (Å²) in [5.74, 6) is 2.13. The number of likely N-dealkylation sites (tertiary alicyclic amines) is 1. The third-order valence-corrected chi connectivity index (χ3v) is 7.84. The molecule has 142 valence electrons. The highest BCUT2D eigenvalue weighted by Crippen LogP contribution is 2.46. The van der Waals surface area contributed by atoms with Crippen molar-refractivity contribution < 1.29 is 0 Å². The summed E-state index contributed by atoms with van der Waals surface area (Å²) >= 11 is 0. The third-order valence-electron chi connectivity index (χ3n) is 7.84. The van der Waals surface area contributed by atoms with Crippen molar-refractivity contribution in [3.8, 4) is 0 Å². The molecule has 0 amide bonds. The molecule has 0 aromatic heterocycles. The van der Waals surface area contributed by atoms with Crippen molar-refractivity contribution in [2.45, 2.75) is 57.2 Å². The van der Waals surface area contributed by atoms with Gasteiger partial charge in [-0.25, -0.2) is 0 Å². The summed E-state index contributed by atoms with van der Waals surface area (Å²) in [4.78, 5) is 8.34. The quantitative estimate of drug-likeness (QED) is 0.821. The van der Waals surface area contributed by atoms with Crippen LogP contribution in [-0.4, -0.2) is 66.1 Å². The van der Waals surface area contributed by atoms with Crippen molar-refractivity contribution in [3.63, 3.8) is 0 Å². The van der Waals surface area contributed by atoms with E-state index < -0.39 is 0 Å². The maximum Gasteiger partial charge on any atom is 0.0233 e. The van der Waals surface area contributed by atoms with E-state index in [0.29, 0.717) is 0 Å². The molecule has 2 aliphatic carbocycles. The van der Waals surface area contributed by atoms with E-state index >= 15 is 0 Å². The first-order valence-corrected chi connectivity index (χ1v) is 11.1. The molecule has 3 nitrogen and oxygen atoms in total. The fraction of sp³-hybridized carbons (Fsp3) is 0.739. The van der Waals surface area contributed by atoms with E-state index in [1.54, 1.807) is 6.42 Å². The van der Waals surface area contributed by atoms with Crippen LogP contribution in [0.2, 0.25) is 0 Å². The zero-order chi connectivity index (χ0) is 17.3. The molecule has 2 heterocycles. The lowest BCUT2D eigenvalue weighted by Crippen LogP contribution is -2.55. The van der Waals surface area contributed by atoms with Gasteiger partial charge in [-0.2, -0.15) is 0 Å². The molecular formula is C23H35N3. The van der Waals surface area contributed by atoms with Gasteiger partial charge in [-0.1, -0.05) is 36.8 Å². The Morgan fingerprint density at radius 1 is 0.731 bits per heavy atom. The molecule has 4 aliphatic rings. The summed E-state index contributed by atoms with van der Waals surface area (Å²) in [6.45, 7) is 8.97. The largest absolute Gasteiger partial charge is 0.299 e. The zero-order valence-electron chi connectivity index (χ0n) is 16.2. The van der Waals surface area contributed by atoms with E-state index in [1.807, 2.05) is 0 Å². The lowest BCUT2D eigenvalue weighted by Gasteiger charge is -2.45. The average molecular weight is 354 g/mol. The fourth-order valence-corrected chi connectivity index (χ4v) is 6.38. The molecule has 0 N–H and O–H groups in total. The number of nitrogens with zero attached hydrogens (tertiary/aromatic N) is 3. The number of hydrogen-bond acceptors (Lipinski definition) is 3. The molecule has 2 bridgehead atoms. The number of rotatable bonds is 4. The van der Waals surface area contributed by atoms with Gasteiger partial charge in [0, 0.05) is 44.8 Å². The lowest BCUT2D eigenvalue weighted by atomic mass is 9.93. The number of piperazine rings is 1. The van der Waals surface area contributed by atoms with Crippen LogP contribution < -0.4 is 0 Å². The van der Waals surface area contributed by atoms with Gasteiger partial charge in [0.05, 0.1) is 0 Å². The van der Waals surface area contributed by atoms with E-state index in [2.05, 4.69) is 45.0 Å². The first-order valence-electron chi connectivity index (χ1n) is 11.1. The van der Waals surface area contributed by atoms with Crippen molar-refractivity contribution in [2.75, 3.05) is 39.3 Å². The van der Waals surface area contributed by atoms with Crippen molar-refractivity contribution in [2.24, 2.45) is 11.8 Å². The average Bonchev–Trinajstić information content (AvgIpc) is 3.33. The van der Waals surface area contributed by atoms with Crippen LogP contribution in [0.1, 0.15) is 44.1 Å². The van der Waals surface area contributed by atoms with Gasteiger partial charge in [-0.3, -0.25) is 14.7 Å². The van der Waals surface area contributed by atoms with Crippen molar-refractivity contribution in [1.82, 2.24) is 14.7 Å². The van der Waals surface area contributed by atoms with Crippen molar-refractivity contribution in [1.29, 1.82) is 0 Å². The zero-order valence-corrected chi connectivity index (χ0v) is 16.2. The van der Waals surface area contributed by atoms with Crippen LogP contribution in [0.4, 0.5) is 0 Å². The Morgan fingerprint density at radius 3 is 2.12 bits per heavy atom. The van der Waals surface area contributed by atoms with Gasteiger partial charge in [0.1, 0.15) is 0 Å². The van der Waals surface area contributed by atoms with Gasteiger partial charge in [-0.05, 0) is 62.6 Å². The molecule has 4 fully saturated rings. The van der Waals surface area contributed by atoms with E-state index in [4.69, 9.17) is 0 Å². The maximum atomic E-state index is 2.87. The Labute approximate surface area is 159 Å². The van der Waals surface area contributed by atoms with Crippen LogP contribution in [-0.2, 0) is 6.54 Å². The van der Waals surface area contributed by atoms with Gasteiger partial charge in [0.2, 0.25) is 0 Å². The van der Waals surface area contributed by atoms with E-state index in [-0.39, 0.29) is 0 Å². The Morgan fingerprint density at radius 2 is 1.46 bits per heavy atom. The minimum absolute atomic E-state index is 0.837. The molecule has 0 radical (unpaired) electrons. The van der Waals surface area contributed by atoms with Crippen LogP contribution >= 0.6 is 0 Å². The minimum atomic E-state index is 0.837. The van der Waals surface area contributed by atoms with Crippen LogP contribution in [0.25, 0.3) is 0 Å². The summed E-state index contributed by atoms with van der Waals surface area (Å²) in [6.07, 6.45) is 8.84. The van der Waals surface area contributed by atoms with Gasteiger partial charge in [0.15, 0.2) is 0 Å². The van der Waals surface area contributed by atoms with Crippen molar-refractivity contribution >= 4 is 0 Å². The fourth-order valence-electron chi connectivity index (χ4n) is 6.38. The molecule has 0 unspecified atom stereocenters. The smallest absolute Gasteiger partial charge is 0.0233 e. The summed E-state index contributed by atoms with van der Waals surface area (Å²) in [5.41, 5.74) is 1.46. The van der Waals surface area contributed by atoms with Gasteiger partial charge in [0.25, 0.3) is 0 Å². The molecule has 0 spiro atoms. The molecule has 3 atom stereocenters. The Kier molecular flexibility index (Phi) is 5.04. The second-order valence-corrected chi connectivity index (χ2v) is 9.31. The summed E-state index contributed by atoms with van der Waals surface area (Å²) < 4.78 is 0. The van der Waals surface area contributed by atoms with Crippen LogP contribution in [0.15, 0.2) is 30.3 Å². The normalized spacial score (nSPS) is 34.5. The van der Waals surface area contributed by atoms with Crippen LogP contribution in [0, 0.1) is 11.8 Å². The number of fused-ring (bicyclic) bond motifs is 2. The van der Waals surface area contributed by atoms with Gasteiger partial charge >= 0.3 is 0 Å². The SMILES string of the molecule is c1ccc(CN2CCC(N3CCN([C@H]4C[C@H]5CC[C@@H]4C5)CC3)CC2)cc1. The highest BCUT2D eigenvalue weighted by atomic mass is 15.3. The predicted octanol–water partition coefficient (Wildman–Crippen LogP) is 3.46. The predicted molar refractivity (Wildman–Crippen MR) is 107 cm³/mol. The standard InChI is InChI=1S/C23H35N3/c1-2-4-19(5-3-1)18-24-10-8-22(9-11-24)25-12-14-26(15-13-25)23-17-20-6-7-21(23)16-20/h1-5,20-23H,6-18H2/t20-,21+,23-/m0/s1. The monoisotopic (exact) mass is 353 g/mol. The Hall–Kier alpha value is -0.900. The van der Waals surface area contributed by atoms with Crippen LogP contribution in [0.5, 0.6) is 0 Å². The molecular weight excluding hydrogens is 318 g/mol. The Bertz CT molecular complexity index is 572. The van der Waals surface area contributed by atoms with Crippen molar-refractivity contribution in [3.05, 3.63) is 35.9 Å². The highest BCUT2D eigenvalue weighted by Gasteiger charge is 2.43. The molecule has 2 aliphatic heterocycles. The minimum Gasteiger partial charge on any atom is -0.299 e. The van der Waals surface area contributed by atoms with E-state index in [0.717, 1.165) is 30.5 Å². The molecule has 5 rings (SSSR count). The lowest BCUT2D eigenvalue weighted by molar-refractivity contribution is 0.0296. The summed E-state index contributed by atoms with van der Waals surface area (Å²) in [7, 11) is 0. The first-order chi connectivity index (χ1) is 12.8. The third kappa shape index (κ3) is 3.58. The highest BCUT2D eigenvalue weighted by molar-refractivity contribution is 5.14. The second kappa shape index (κ2) is 7.61. The molecule has 2 saturated heterocycles. The maximum absolute atomic E-state index is 2.87. The van der Waals surface area contributed by atoms with E-state index in [1.165, 1.54) is 76.9 Å². The number of benzene rings is 1. The second-order valence-electron chi connectivity index (χ2n) is 9.31.